The first-order valence-corrected chi connectivity index (χ1v) is 4.72. The number of rotatable bonds is 2. The highest BCUT2D eigenvalue weighted by Gasteiger charge is 2.30. The van der Waals surface area contributed by atoms with Gasteiger partial charge in [0.25, 0.3) is 5.91 Å². The third kappa shape index (κ3) is 3.74. The molecular weight excluding hydrogens is 261 g/mol. The molecule has 1 aromatic carbocycles. The first-order chi connectivity index (χ1) is 10.4. The summed E-state index contributed by atoms with van der Waals surface area (Å²) in [6.07, 6.45) is -5.11. The molecule has 0 saturated heterocycles. The molecule has 0 heterocycles. The molecule has 2 N–H and O–H groups in total. The molecule has 0 fully saturated rings. The highest BCUT2D eigenvalue weighted by Crippen LogP contribution is 2.29. The predicted molar refractivity (Wildman–Crippen MR) is 61.0 cm³/mol. The summed E-state index contributed by atoms with van der Waals surface area (Å²) in [5.41, 5.74) is -3.37. The van der Waals surface area contributed by atoms with Crippen molar-refractivity contribution in [1.82, 2.24) is 0 Å². The lowest BCUT2D eigenvalue weighted by Gasteiger charge is -2.08. The normalized spacial score (nSPS) is 15.3. The van der Waals surface area contributed by atoms with Gasteiger partial charge in [-0.1, -0.05) is 0 Å². The minimum absolute atomic E-state index is 0.674. The zero-order chi connectivity index (χ0) is 18.1. The van der Waals surface area contributed by atoms with Gasteiger partial charge in [-0.3, -0.25) is 4.79 Å². The molecule has 0 spiro atoms. The molecule has 100 valence electrons. The van der Waals surface area contributed by atoms with Crippen LogP contribution >= 0.6 is 0 Å². The molecule has 0 atom stereocenters. The third-order valence-electron chi connectivity index (χ3n) is 1.85. The van der Waals surface area contributed by atoms with E-state index in [1.807, 2.05) is 5.32 Å². The van der Waals surface area contributed by atoms with Crippen LogP contribution in [0.2, 0.25) is 0 Å². The molecule has 0 bridgehead atoms. The summed E-state index contributed by atoms with van der Waals surface area (Å²) in [4.78, 5) is 11.7. The molecule has 0 aliphatic heterocycles. The Balaban J connectivity index is 3.51. The van der Waals surface area contributed by atoms with Crippen molar-refractivity contribution >= 4 is 11.6 Å². The van der Waals surface area contributed by atoms with Gasteiger partial charge in [0.15, 0.2) is 5.57 Å². The van der Waals surface area contributed by atoms with Crippen molar-refractivity contribution in [1.29, 1.82) is 5.26 Å². The van der Waals surface area contributed by atoms with Gasteiger partial charge in [-0.25, -0.2) is 0 Å². The summed E-state index contributed by atoms with van der Waals surface area (Å²) in [5, 5.41) is 19.6. The number of hydrogen-bond acceptors (Lipinski definition) is 3. The van der Waals surface area contributed by atoms with Gasteiger partial charge in [-0.15, -0.1) is 0 Å². The van der Waals surface area contributed by atoms with Crippen molar-refractivity contribution in [3.63, 3.8) is 0 Å². The summed E-state index contributed by atoms with van der Waals surface area (Å²) < 4.78 is 67.9. The largest absolute Gasteiger partial charge is 0.511 e. The van der Waals surface area contributed by atoms with Gasteiger partial charge in [0.05, 0.1) is 11.0 Å². The number of alkyl halides is 3. The molecule has 0 aromatic heterocycles. The van der Waals surface area contributed by atoms with Gasteiger partial charge in [0, 0.05) is 5.69 Å². The lowest BCUT2D eigenvalue weighted by molar-refractivity contribution is -0.137. The van der Waals surface area contributed by atoms with Gasteiger partial charge in [0.1, 0.15) is 11.8 Å². The molecular formula is C12H9F3N2O2. The van der Waals surface area contributed by atoms with E-state index in [1.54, 1.807) is 0 Å². The average molecular weight is 274 g/mol. The monoisotopic (exact) mass is 274 g/mol. The standard InChI is InChI=1S/C12H9F3N2O2/c1-7(18)10(6-16)11(19)17-9-4-2-8(3-5-9)12(13,14)15/h2-5,18H,1H3,(H,17,19)/i2D,3D,4D,5D. The fourth-order valence-corrected chi connectivity index (χ4v) is 0.989. The van der Waals surface area contributed by atoms with Crippen LogP contribution in [0.1, 0.15) is 18.0 Å². The smallest absolute Gasteiger partial charge is 0.416 e. The molecule has 0 aliphatic rings. The molecule has 7 heteroatoms. The van der Waals surface area contributed by atoms with E-state index < -0.39 is 58.8 Å². The molecule has 1 rings (SSSR count). The first kappa shape index (κ1) is 9.44. The van der Waals surface area contributed by atoms with Crippen LogP contribution in [-0.2, 0) is 11.0 Å². The second kappa shape index (κ2) is 5.44. The number of aliphatic hydroxyl groups is 1. The second-order valence-electron chi connectivity index (χ2n) is 3.27. The van der Waals surface area contributed by atoms with Gasteiger partial charge in [0.2, 0.25) is 0 Å². The summed E-state index contributed by atoms with van der Waals surface area (Å²) in [6.45, 7) is 1.01. The quantitative estimate of drug-likeness (QED) is 0.494. The Morgan fingerprint density at radius 2 is 1.95 bits per heavy atom. The van der Waals surface area contributed by atoms with Crippen LogP contribution in [0.15, 0.2) is 35.5 Å². The maximum atomic E-state index is 12.8. The van der Waals surface area contributed by atoms with Crippen molar-refractivity contribution < 1.29 is 28.6 Å². The number of hydrogen-bond donors (Lipinski definition) is 2. The number of carbonyl (C=O) groups excluding carboxylic acids is 1. The topological polar surface area (TPSA) is 73.1 Å². The maximum absolute atomic E-state index is 12.8. The van der Waals surface area contributed by atoms with Crippen LogP contribution in [0.25, 0.3) is 0 Å². The Morgan fingerprint density at radius 1 is 1.42 bits per heavy atom. The van der Waals surface area contributed by atoms with E-state index >= 15 is 0 Å². The van der Waals surface area contributed by atoms with E-state index in [4.69, 9.17) is 15.9 Å². The lowest BCUT2D eigenvalue weighted by Crippen LogP contribution is -2.15. The molecule has 1 amide bonds. The van der Waals surface area contributed by atoms with Gasteiger partial charge in [-0.2, -0.15) is 18.4 Å². The van der Waals surface area contributed by atoms with Gasteiger partial charge < -0.3 is 10.4 Å². The van der Waals surface area contributed by atoms with E-state index in [-0.39, 0.29) is 0 Å². The van der Waals surface area contributed by atoms with E-state index in [0.717, 1.165) is 6.92 Å². The highest BCUT2D eigenvalue weighted by atomic mass is 19.4. The minimum atomic E-state index is -5.11. The number of carbonyl (C=O) groups is 1. The van der Waals surface area contributed by atoms with E-state index in [0.29, 0.717) is 0 Å². The number of allylic oxidation sites excluding steroid dienone is 1. The zero-order valence-corrected chi connectivity index (χ0v) is 9.44. The maximum Gasteiger partial charge on any atom is 0.416 e. The Labute approximate surface area is 112 Å². The van der Waals surface area contributed by atoms with Crippen molar-refractivity contribution in [2.24, 2.45) is 0 Å². The molecule has 1 aromatic rings. The number of nitriles is 1. The summed E-state index contributed by atoms with van der Waals surface area (Å²) in [6, 6.07) is -3.66. The third-order valence-corrected chi connectivity index (χ3v) is 1.85. The average Bonchev–Trinajstić information content (AvgIpc) is 2.40. The van der Waals surface area contributed by atoms with Crippen LogP contribution in [0, 0.1) is 11.3 Å². The zero-order valence-electron chi connectivity index (χ0n) is 13.4. The number of nitrogens with one attached hydrogen (secondary N) is 1. The van der Waals surface area contributed by atoms with E-state index in [2.05, 4.69) is 0 Å². The number of anilines is 1. The fourth-order valence-electron chi connectivity index (χ4n) is 0.989. The Bertz CT molecular complexity index is 721. The Morgan fingerprint density at radius 3 is 2.32 bits per heavy atom. The van der Waals surface area contributed by atoms with Crippen molar-refractivity contribution in [3.05, 3.63) is 41.1 Å². The fraction of sp³-hybridized carbons (Fsp3) is 0.167. The SMILES string of the molecule is [2H]c1c([2H])c(C(F)(F)F)c([2H])c([2H])c1NC(=O)C(C#N)=C(C)O. The van der Waals surface area contributed by atoms with Gasteiger partial charge in [-0.05, 0) is 31.1 Å². The minimum Gasteiger partial charge on any atom is -0.511 e. The molecule has 19 heavy (non-hydrogen) atoms. The van der Waals surface area contributed by atoms with Crippen LogP contribution in [0.4, 0.5) is 18.9 Å². The number of nitrogens with zero attached hydrogens (tertiary/aromatic N) is 1. The molecule has 0 unspecified atom stereocenters. The van der Waals surface area contributed by atoms with Crippen LogP contribution in [0.5, 0.6) is 0 Å². The van der Waals surface area contributed by atoms with E-state index in [9.17, 15) is 18.0 Å². The van der Waals surface area contributed by atoms with Crippen molar-refractivity contribution in [3.8, 4) is 6.07 Å². The number of halogens is 3. The van der Waals surface area contributed by atoms with Crippen LogP contribution in [0.3, 0.4) is 0 Å². The summed E-state index contributed by atoms with van der Waals surface area (Å²) in [5.74, 6) is -1.94. The van der Waals surface area contributed by atoms with Crippen molar-refractivity contribution in [2.45, 2.75) is 13.1 Å². The Hall–Kier alpha value is -2.49. The van der Waals surface area contributed by atoms with Crippen molar-refractivity contribution in [2.75, 3.05) is 5.32 Å². The molecule has 4 nitrogen and oxygen atoms in total. The number of aliphatic hydroxyl groups excluding tert-OH is 1. The molecule has 0 aliphatic carbocycles. The second-order valence-corrected chi connectivity index (χ2v) is 3.27. The number of amides is 1. The summed E-state index contributed by atoms with van der Waals surface area (Å²) >= 11 is 0. The lowest BCUT2D eigenvalue weighted by atomic mass is 10.2. The number of benzene rings is 1. The Kier molecular flexibility index (Phi) is 2.70. The van der Waals surface area contributed by atoms with E-state index in [1.165, 1.54) is 6.07 Å². The van der Waals surface area contributed by atoms with Gasteiger partial charge >= 0.3 is 6.18 Å². The predicted octanol–water partition coefficient (Wildman–Crippen LogP) is 3.00. The van der Waals surface area contributed by atoms with Crippen LogP contribution in [-0.4, -0.2) is 11.0 Å². The molecule has 0 saturated carbocycles. The summed E-state index contributed by atoms with van der Waals surface area (Å²) in [7, 11) is 0. The van der Waals surface area contributed by atoms with Crippen LogP contribution < -0.4 is 5.32 Å². The molecule has 0 radical (unpaired) electrons. The highest BCUT2D eigenvalue weighted by molar-refractivity contribution is 6.06. The first-order valence-electron chi connectivity index (χ1n) is 6.72.